The largest absolute Gasteiger partial charge is 0.480 e. The van der Waals surface area contributed by atoms with E-state index in [2.05, 4.69) is 16.0 Å². The molecule has 0 radical (unpaired) electrons. The molecular formula is C20H40N6O5. The number of hydrogen-bond donors (Lipinski definition) is 7. The summed E-state index contributed by atoms with van der Waals surface area (Å²) < 4.78 is 0. The van der Waals surface area contributed by atoms with Crippen molar-refractivity contribution in [1.29, 1.82) is 0 Å². The molecule has 11 nitrogen and oxygen atoms in total. The smallest absolute Gasteiger partial charge is 0.325 e. The fourth-order valence-corrected chi connectivity index (χ4v) is 2.74. The number of carbonyl (C=O) groups is 4. The highest BCUT2D eigenvalue weighted by Gasteiger charge is 2.29. The van der Waals surface area contributed by atoms with Crippen LogP contribution in [0.4, 0.5) is 0 Å². The number of carboxylic acids is 1. The first-order chi connectivity index (χ1) is 14.5. The first-order valence-electron chi connectivity index (χ1n) is 10.8. The standard InChI is InChI=1S/C20H40N6O5/c1-12(2)16(23)19(29)26-15(9-5-7-11-22)18(28)25-14(8-4-6-10-21)17(27)24-13(3)20(30)31/h12-16H,4-11,21-23H2,1-3H3,(H,24,27)(H,25,28)(H,26,29)(H,30,31). The van der Waals surface area contributed by atoms with Crippen molar-refractivity contribution in [2.24, 2.45) is 23.1 Å². The van der Waals surface area contributed by atoms with Crippen LogP contribution in [0.2, 0.25) is 0 Å². The molecule has 0 aliphatic carbocycles. The molecule has 0 fully saturated rings. The fraction of sp³-hybridized carbons (Fsp3) is 0.800. The van der Waals surface area contributed by atoms with Crippen LogP contribution >= 0.6 is 0 Å². The highest BCUT2D eigenvalue weighted by molar-refractivity contribution is 5.94. The van der Waals surface area contributed by atoms with Crippen LogP contribution in [-0.4, -0.2) is 66.1 Å². The molecule has 4 unspecified atom stereocenters. The summed E-state index contributed by atoms with van der Waals surface area (Å²) in [5, 5.41) is 16.7. The Hall–Kier alpha value is -2.24. The van der Waals surface area contributed by atoms with Gasteiger partial charge >= 0.3 is 5.97 Å². The molecule has 0 rings (SSSR count). The van der Waals surface area contributed by atoms with Gasteiger partial charge in [0, 0.05) is 0 Å². The number of hydrogen-bond acceptors (Lipinski definition) is 7. The van der Waals surface area contributed by atoms with Crippen molar-refractivity contribution in [2.75, 3.05) is 13.1 Å². The van der Waals surface area contributed by atoms with E-state index in [1.165, 1.54) is 6.92 Å². The van der Waals surface area contributed by atoms with Gasteiger partial charge in [0.15, 0.2) is 0 Å². The molecule has 0 aliphatic heterocycles. The van der Waals surface area contributed by atoms with Crippen LogP contribution in [0.3, 0.4) is 0 Å². The van der Waals surface area contributed by atoms with Crippen molar-refractivity contribution >= 4 is 23.7 Å². The van der Waals surface area contributed by atoms with Crippen LogP contribution < -0.4 is 33.2 Å². The number of carbonyl (C=O) groups excluding carboxylic acids is 3. The molecular weight excluding hydrogens is 404 g/mol. The number of amides is 3. The van der Waals surface area contributed by atoms with Crippen LogP contribution in [0, 0.1) is 5.92 Å². The second-order valence-corrected chi connectivity index (χ2v) is 8.03. The molecule has 10 N–H and O–H groups in total. The maximum absolute atomic E-state index is 12.9. The van der Waals surface area contributed by atoms with Gasteiger partial charge in [-0.3, -0.25) is 19.2 Å². The van der Waals surface area contributed by atoms with Crippen LogP contribution in [0.5, 0.6) is 0 Å². The lowest BCUT2D eigenvalue weighted by Gasteiger charge is -2.25. The summed E-state index contributed by atoms with van der Waals surface area (Å²) >= 11 is 0. The molecule has 180 valence electrons. The van der Waals surface area contributed by atoms with Crippen LogP contribution in [0.15, 0.2) is 0 Å². The van der Waals surface area contributed by atoms with E-state index in [1.54, 1.807) is 13.8 Å². The normalized spacial score (nSPS) is 14.9. The molecule has 31 heavy (non-hydrogen) atoms. The summed E-state index contributed by atoms with van der Waals surface area (Å²) in [6.45, 7) is 5.82. The van der Waals surface area contributed by atoms with Crippen molar-refractivity contribution in [1.82, 2.24) is 16.0 Å². The zero-order chi connectivity index (χ0) is 24.0. The summed E-state index contributed by atoms with van der Waals surface area (Å²) in [4.78, 5) is 48.9. The van der Waals surface area contributed by atoms with E-state index in [0.717, 1.165) is 0 Å². The van der Waals surface area contributed by atoms with Gasteiger partial charge in [0.2, 0.25) is 17.7 Å². The Balaban J connectivity index is 5.33. The molecule has 0 aromatic rings. The molecule has 0 saturated carbocycles. The number of aliphatic carboxylic acids is 1. The van der Waals surface area contributed by atoms with Crippen LogP contribution in [0.25, 0.3) is 0 Å². The van der Waals surface area contributed by atoms with E-state index in [1.807, 2.05) is 0 Å². The third kappa shape index (κ3) is 11.7. The van der Waals surface area contributed by atoms with Crippen molar-refractivity contribution < 1.29 is 24.3 Å². The van der Waals surface area contributed by atoms with Gasteiger partial charge in [-0.25, -0.2) is 0 Å². The van der Waals surface area contributed by atoms with E-state index in [0.29, 0.717) is 45.2 Å². The van der Waals surface area contributed by atoms with E-state index in [-0.39, 0.29) is 12.3 Å². The molecule has 0 aliphatic rings. The average Bonchev–Trinajstić information content (AvgIpc) is 2.71. The number of carboxylic acid groups (broad SMARTS) is 1. The highest BCUT2D eigenvalue weighted by Crippen LogP contribution is 2.07. The Bertz CT molecular complexity index is 586. The number of unbranched alkanes of at least 4 members (excludes halogenated alkanes) is 2. The first-order valence-corrected chi connectivity index (χ1v) is 10.8. The molecule has 0 heterocycles. The second-order valence-electron chi connectivity index (χ2n) is 8.03. The van der Waals surface area contributed by atoms with Gasteiger partial charge in [-0.15, -0.1) is 0 Å². The van der Waals surface area contributed by atoms with Gasteiger partial charge < -0.3 is 38.3 Å². The quantitative estimate of drug-likeness (QED) is 0.143. The highest BCUT2D eigenvalue weighted by atomic mass is 16.4. The third-order valence-electron chi connectivity index (χ3n) is 4.91. The lowest BCUT2D eigenvalue weighted by Crippen LogP contribution is -2.57. The Labute approximate surface area is 184 Å². The van der Waals surface area contributed by atoms with Crippen molar-refractivity contribution in [3.8, 4) is 0 Å². The van der Waals surface area contributed by atoms with Gasteiger partial charge in [-0.1, -0.05) is 13.8 Å². The maximum atomic E-state index is 12.9. The summed E-state index contributed by atoms with van der Waals surface area (Å²) in [6, 6.07) is -3.71. The van der Waals surface area contributed by atoms with Crippen LogP contribution in [-0.2, 0) is 19.2 Å². The zero-order valence-corrected chi connectivity index (χ0v) is 18.9. The molecule has 4 atom stereocenters. The monoisotopic (exact) mass is 444 g/mol. The molecule has 11 heteroatoms. The topological polar surface area (TPSA) is 203 Å². The van der Waals surface area contributed by atoms with Crippen molar-refractivity contribution in [3.05, 3.63) is 0 Å². The predicted molar refractivity (Wildman–Crippen MR) is 118 cm³/mol. The summed E-state index contributed by atoms with van der Waals surface area (Å²) in [5.74, 6) is -2.88. The van der Waals surface area contributed by atoms with Crippen LogP contribution in [0.1, 0.15) is 59.3 Å². The first kappa shape index (κ1) is 28.8. The minimum Gasteiger partial charge on any atom is -0.480 e. The van der Waals surface area contributed by atoms with Gasteiger partial charge in [-0.05, 0) is 64.5 Å². The number of nitrogens with two attached hydrogens (primary N) is 3. The number of nitrogens with one attached hydrogen (secondary N) is 3. The summed E-state index contributed by atoms with van der Waals surface area (Å²) in [5.41, 5.74) is 16.9. The Morgan fingerprint density at radius 1 is 0.742 bits per heavy atom. The Morgan fingerprint density at radius 2 is 1.16 bits per heavy atom. The lowest BCUT2D eigenvalue weighted by molar-refractivity contribution is -0.141. The SMILES string of the molecule is CC(NC(=O)C(CCCCN)NC(=O)C(CCCCN)NC(=O)C(N)C(C)C)C(=O)O. The third-order valence-corrected chi connectivity index (χ3v) is 4.91. The zero-order valence-electron chi connectivity index (χ0n) is 18.9. The van der Waals surface area contributed by atoms with E-state index in [4.69, 9.17) is 22.3 Å². The second kappa shape index (κ2) is 15.5. The van der Waals surface area contributed by atoms with E-state index < -0.39 is 47.9 Å². The predicted octanol–water partition coefficient (Wildman–Crippen LogP) is -1.21. The Morgan fingerprint density at radius 3 is 1.55 bits per heavy atom. The minimum absolute atomic E-state index is 0.111. The average molecular weight is 445 g/mol. The fourth-order valence-electron chi connectivity index (χ4n) is 2.74. The van der Waals surface area contributed by atoms with Gasteiger partial charge in [-0.2, -0.15) is 0 Å². The Kier molecular flexibility index (Phi) is 14.4. The summed E-state index contributed by atoms with van der Waals surface area (Å²) in [7, 11) is 0. The number of rotatable bonds is 16. The molecule has 0 spiro atoms. The lowest BCUT2D eigenvalue weighted by atomic mass is 10.0. The molecule has 0 aromatic heterocycles. The van der Waals surface area contributed by atoms with Gasteiger partial charge in [0.1, 0.15) is 18.1 Å². The van der Waals surface area contributed by atoms with E-state index in [9.17, 15) is 19.2 Å². The molecule has 0 saturated heterocycles. The van der Waals surface area contributed by atoms with Crippen molar-refractivity contribution in [3.63, 3.8) is 0 Å². The summed E-state index contributed by atoms with van der Waals surface area (Å²) in [6.07, 6.45) is 3.11. The van der Waals surface area contributed by atoms with Gasteiger partial charge in [0.05, 0.1) is 6.04 Å². The van der Waals surface area contributed by atoms with Gasteiger partial charge in [0.25, 0.3) is 0 Å². The minimum atomic E-state index is -1.19. The maximum Gasteiger partial charge on any atom is 0.325 e. The van der Waals surface area contributed by atoms with Crippen molar-refractivity contribution in [2.45, 2.75) is 83.5 Å². The van der Waals surface area contributed by atoms with E-state index >= 15 is 0 Å². The molecule has 3 amide bonds. The molecule has 0 aromatic carbocycles. The molecule has 0 bridgehead atoms.